The van der Waals surface area contributed by atoms with Gasteiger partial charge in [-0.25, -0.2) is 0 Å². The Kier molecular flexibility index (Phi) is 18.2. The molecule has 0 spiro atoms. The molecule has 98 valence electrons. The summed E-state index contributed by atoms with van der Waals surface area (Å²) in [6.45, 7) is 14.4. The van der Waals surface area contributed by atoms with Gasteiger partial charge in [-0.2, -0.15) is 0 Å². The molecule has 0 unspecified atom stereocenters. The minimum Gasteiger partial charge on any atom is -0.394 e. The summed E-state index contributed by atoms with van der Waals surface area (Å²) in [5, 5.41) is 8.06. The SMILES string of the molecule is CC(C)O.C[C]1[C](C)[C](C)[C](C)[C]1C.[CH3-].[CH3-].[Ti+3]. The van der Waals surface area contributed by atoms with Crippen LogP contribution in [0.15, 0.2) is 0 Å². The van der Waals surface area contributed by atoms with Crippen LogP contribution in [0.3, 0.4) is 0 Å². The predicted octanol–water partition coefficient (Wildman–Crippen LogP) is 4.26. The maximum atomic E-state index is 8.06. The van der Waals surface area contributed by atoms with Crippen LogP contribution in [0.5, 0.6) is 0 Å². The maximum Gasteiger partial charge on any atom is 3.00 e. The number of rotatable bonds is 0. The van der Waals surface area contributed by atoms with Crippen molar-refractivity contribution in [2.45, 2.75) is 54.6 Å². The van der Waals surface area contributed by atoms with E-state index in [0.29, 0.717) is 0 Å². The van der Waals surface area contributed by atoms with E-state index in [-0.39, 0.29) is 42.7 Å². The van der Waals surface area contributed by atoms with Gasteiger partial charge in [-0.15, -0.1) is 0 Å². The molecule has 1 aliphatic carbocycles. The van der Waals surface area contributed by atoms with Crippen LogP contribution in [0.2, 0.25) is 0 Å². The fourth-order valence-corrected chi connectivity index (χ4v) is 1.41. The molecule has 1 nitrogen and oxygen atoms in total. The standard InChI is InChI=1S/C10H15.C3H8O.2CH3.Ti/c1-6-7(2)9(4)10(5)8(6)3;1-3(2)4;;;/h1-5H3;3-4H,1-2H3;2*1H3;/q;;2*-1;+3. The van der Waals surface area contributed by atoms with Crippen LogP contribution in [0.4, 0.5) is 0 Å². The molecule has 17 heavy (non-hydrogen) atoms. The van der Waals surface area contributed by atoms with Crippen molar-refractivity contribution in [1.82, 2.24) is 0 Å². The molecule has 0 aromatic rings. The van der Waals surface area contributed by atoms with E-state index in [4.69, 9.17) is 5.11 Å². The van der Waals surface area contributed by atoms with Gasteiger partial charge in [-0.1, -0.05) is 34.6 Å². The van der Waals surface area contributed by atoms with Crippen molar-refractivity contribution < 1.29 is 26.8 Å². The molecular formula is C15H29OTi+. The number of aliphatic hydroxyl groups excluding tert-OH is 1. The second kappa shape index (κ2) is 11.7. The van der Waals surface area contributed by atoms with E-state index in [1.54, 1.807) is 13.8 Å². The van der Waals surface area contributed by atoms with Gasteiger partial charge in [0.15, 0.2) is 0 Å². The fourth-order valence-electron chi connectivity index (χ4n) is 1.41. The van der Waals surface area contributed by atoms with Crippen molar-refractivity contribution in [2.75, 3.05) is 0 Å². The van der Waals surface area contributed by atoms with E-state index in [0.717, 1.165) is 0 Å². The molecule has 1 saturated carbocycles. The van der Waals surface area contributed by atoms with Crippen molar-refractivity contribution in [1.29, 1.82) is 0 Å². The van der Waals surface area contributed by atoms with Gasteiger partial charge in [-0.05, 0) is 43.4 Å². The average Bonchev–Trinajstić information content (AvgIpc) is 2.23. The normalized spacial score (nSPS) is 18.9. The molecular weight excluding hydrogens is 244 g/mol. The Morgan fingerprint density at radius 1 is 0.647 bits per heavy atom. The average molecular weight is 273 g/mol. The van der Waals surface area contributed by atoms with E-state index in [1.165, 1.54) is 29.6 Å². The second-order valence-electron chi connectivity index (χ2n) is 4.22. The first-order valence-electron chi connectivity index (χ1n) is 5.16. The predicted molar refractivity (Wildman–Crippen MR) is 74.8 cm³/mol. The van der Waals surface area contributed by atoms with Gasteiger partial charge in [-0.3, -0.25) is 0 Å². The van der Waals surface area contributed by atoms with Crippen LogP contribution in [-0.4, -0.2) is 11.2 Å². The van der Waals surface area contributed by atoms with Gasteiger partial charge in [0, 0.05) is 6.10 Å². The van der Waals surface area contributed by atoms with Gasteiger partial charge in [0.25, 0.3) is 0 Å². The summed E-state index contributed by atoms with van der Waals surface area (Å²) in [6.07, 6.45) is -0.167. The largest absolute Gasteiger partial charge is 3.00 e. The van der Waals surface area contributed by atoms with Crippen molar-refractivity contribution in [3.8, 4) is 0 Å². The minimum absolute atomic E-state index is 0. The summed E-state index contributed by atoms with van der Waals surface area (Å²) in [5.41, 5.74) is 0. The molecule has 0 amide bonds. The monoisotopic (exact) mass is 273 g/mol. The Balaban J connectivity index is -0.000000108. The molecule has 0 aromatic carbocycles. The quantitative estimate of drug-likeness (QED) is 0.516. The number of aliphatic hydroxyl groups is 1. The molecule has 1 N–H and O–H groups in total. The zero-order valence-electron chi connectivity index (χ0n) is 13.0. The van der Waals surface area contributed by atoms with E-state index < -0.39 is 0 Å². The Hall–Kier alpha value is 0.674. The van der Waals surface area contributed by atoms with Crippen LogP contribution in [-0.2, 0) is 21.7 Å². The Morgan fingerprint density at radius 3 is 0.765 bits per heavy atom. The van der Waals surface area contributed by atoms with Crippen molar-refractivity contribution >= 4 is 0 Å². The molecule has 1 fully saturated rings. The summed E-state index contributed by atoms with van der Waals surface area (Å²) < 4.78 is 0. The number of hydrogen-bond acceptors (Lipinski definition) is 1. The zero-order chi connectivity index (χ0) is 11.5. The van der Waals surface area contributed by atoms with Crippen LogP contribution in [0.1, 0.15) is 48.5 Å². The third-order valence-electron chi connectivity index (χ3n) is 2.81. The van der Waals surface area contributed by atoms with E-state index >= 15 is 0 Å². The van der Waals surface area contributed by atoms with E-state index in [2.05, 4.69) is 34.6 Å². The van der Waals surface area contributed by atoms with Crippen LogP contribution in [0, 0.1) is 44.4 Å². The first kappa shape index (κ1) is 26.3. The Bertz CT molecular complexity index is 111. The van der Waals surface area contributed by atoms with Gasteiger partial charge >= 0.3 is 21.7 Å². The first-order valence-corrected chi connectivity index (χ1v) is 5.16. The molecule has 0 atom stereocenters. The smallest absolute Gasteiger partial charge is 0.394 e. The Labute approximate surface area is 126 Å². The van der Waals surface area contributed by atoms with Crippen LogP contribution >= 0.6 is 0 Å². The molecule has 1 rings (SSSR count). The van der Waals surface area contributed by atoms with E-state index in [9.17, 15) is 0 Å². The molecule has 2 heteroatoms. The van der Waals surface area contributed by atoms with Crippen molar-refractivity contribution in [3.63, 3.8) is 0 Å². The summed E-state index contributed by atoms with van der Waals surface area (Å²) in [6, 6.07) is 0. The molecule has 0 aromatic heterocycles. The molecule has 1 aliphatic rings. The number of hydrogen-bond donors (Lipinski definition) is 1. The third kappa shape index (κ3) is 8.40. The van der Waals surface area contributed by atoms with Gasteiger partial charge in [0.2, 0.25) is 0 Å². The van der Waals surface area contributed by atoms with Crippen molar-refractivity contribution in [2.24, 2.45) is 0 Å². The van der Waals surface area contributed by atoms with Gasteiger partial charge in [0.05, 0.1) is 0 Å². The first-order chi connectivity index (χ1) is 6.29. The van der Waals surface area contributed by atoms with Gasteiger partial charge in [0.1, 0.15) is 0 Å². The van der Waals surface area contributed by atoms with Crippen LogP contribution < -0.4 is 0 Å². The maximum absolute atomic E-state index is 8.06. The summed E-state index contributed by atoms with van der Waals surface area (Å²) >= 11 is 0. The Morgan fingerprint density at radius 2 is 0.706 bits per heavy atom. The molecule has 0 saturated heterocycles. The van der Waals surface area contributed by atoms with Gasteiger partial charge < -0.3 is 20.0 Å². The molecule has 0 heterocycles. The van der Waals surface area contributed by atoms with Crippen molar-refractivity contribution in [3.05, 3.63) is 44.4 Å². The zero-order valence-corrected chi connectivity index (χ0v) is 14.6. The second-order valence-corrected chi connectivity index (χ2v) is 4.22. The topological polar surface area (TPSA) is 20.2 Å². The fraction of sp³-hybridized carbons (Fsp3) is 0.533. The molecule has 6 radical (unpaired) electrons. The third-order valence-corrected chi connectivity index (χ3v) is 2.81. The summed E-state index contributed by atoms with van der Waals surface area (Å²) in [4.78, 5) is 0. The minimum atomic E-state index is -0.167. The van der Waals surface area contributed by atoms with E-state index in [1.807, 2.05) is 0 Å². The van der Waals surface area contributed by atoms with Crippen LogP contribution in [0.25, 0.3) is 0 Å². The summed E-state index contributed by atoms with van der Waals surface area (Å²) in [7, 11) is 0. The molecule has 0 bridgehead atoms. The molecule has 0 aliphatic heterocycles. The summed E-state index contributed by atoms with van der Waals surface area (Å²) in [5.74, 6) is 7.34.